The van der Waals surface area contributed by atoms with Crippen molar-refractivity contribution in [1.29, 1.82) is 0 Å². The van der Waals surface area contributed by atoms with Crippen LogP contribution in [0.25, 0.3) is 0 Å². The van der Waals surface area contributed by atoms with Crippen molar-refractivity contribution in [3.8, 4) is 0 Å². The Morgan fingerprint density at radius 3 is 2.37 bits per heavy atom. The SMILES string of the molecule is CC(C)CCC[C@@H](C)[C@H]1CC[C@H]2[C@@H]3CCC4CC(C(=O)NCCCOS(=O)(=O)O)CC[C@]4(C)[C@H]3CC[C@]12C. The highest BCUT2D eigenvalue weighted by atomic mass is 32.3. The lowest BCUT2D eigenvalue weighted by Gasteiger charge is -2.61. The van der Waals surface area contributed by atoms with E-state index in [1.165, 1.54) is 57.8 Å². The molecule has 4 saturated carbocycles. The van der Waals surface area contributed by atoms with Gasteiger partial charge in [0.15, 0.2) is 0 Å². The Morgan fingerprint density at radius 1 is 0.947 bits per heavy atom. The van der Waals surface area contributed by atoms with E-state index in [0.717, 1.165) is 54.8 Å². The Labute approximate surface area is 232 Å². The third-order valence-electron chi connectivity index (χ3n) is 12.1. The number of carbonyl (C=O) groups excluding carboxylic acids is 1. The molecule has 38 heavy (non-hydrogen) atoms. The molecule has 4 rings (SSSR count). The first-order chi connectivity index (χ1) is 17.8. The van der Waals surface area contributed by atoms with E-state index in [-0.39, 0.29) is 18.4 Å². The second-order valence-corrected chi connectivity index (χ2v) is 15.6. The summed E-state index contributed by atoms with van der Waals surface area (Å²) in [5, 5.41) is 2.98. The number of hydrogen-bond donors (Lipinski definition) is 2. The summed E-state index contributed by atoms with van der Waals surface area (Å²) in [6, 6.07) is 0. The van der Waals surface area contributed by atoms with Crippen molar-refractivity contribution < 1.29 is 21.9 Å². The van der Waals surface area contributed by atoms with Gasteiger partial charge < -0.3 is 5.32 Å². The van der Waals surface area contributed by atoms with Crippen molar-refractivity contribution in [3.05, 3.63) is 0 Å². The van der Waals surface area contributed by atoms with E-state index in [1.54, 1.807) is 0 Å². The molecule has 1 amide bonds. The summed E-state index contributed by atoms with van der Waals surface area (Å²) in [6.45, 7) is 12.7. The van der Waals surface area contributed by atoms with Gasteiger partial charge in [0.25, 0.3) is 0 Å². The van der Waals surface area contributed by atoms with Gasteiger partial charge in [-0.3, -0.25) is 9.35 Å². The van der Waals surface area contributed by atoms with Crippen LogP contribution in [-0.4, -0.2) is 32.0 Å². The fraction of sp³-hybridized carbons (Fsp3) is 0.968. The molecule has 7 heteroatoms. The van der Waals surface area contributed by atoms with E-state index < -0.39 is 10.4 Å². The first-order valence-electron chi connectivity index (χ1n) is 15.7. The van der Waals surface area contributed by atoms with E-state index >= 15 is 0 Å². The Morgan fingerprint density at radius 2 is 1.66 bits per heavy atom. The van der Waals surface area contributed by atoms with Gasteiger partial charge in [-0.05, 0) is 116 Å². The molecular formula is C31H55NO5S. The zero-order chi connectivity index (χ0) is 27.7. The number of carbonyl (C=O) groups is 1. The molecule has 0 heterocycles. The van der Waals surface area contributed by atoms with E-state index in [9.17, 15) is 13.2 Å². The monoisotopic (exact) mass is 553 g/mol. The Kier molecular flexibility index (Phi) is 9.62. The quantitative estimate of drug-likeness (QED) is 0.211. The van der Waals surface area contributed by atoms with Gasteiger partial charge in [-0.15, -0.1) is 0 Å². The number of hydrogen-bond acceptors (Lipinski definition) is 4. The Hall–Kier alpha value is -0.660. The minimum atomic E-state index is -4.41. The molecule has 220 valence electrons. The van der Waals surface area contributed by atoms with Crippen molar-refractivity contribution in [3.63, 3.8) is 0 Å². The van der Waals surface area contributed by atoms with Gasteiger partial charge >= 0.3 is 10.4 Å². The van der Waals surface area contributed by atoms with Crippen molar-refractivity contribution in [1.82, 2.24) is 5.32 Å². The highest BCUT2D eigenvalue weighted by molar-refractivity contribution is 7.80. The topological polar surface area (TPSA) is 92.7 Å². The van der Waals surface area contributed by atoms with Crippen LogP contribution in [0.2, 0.25) is 0 Å². The average Bonchev–Trinajstić information content (AvgIpc) is 3.19. The van der Waals surface area contributed by atoms with Crippen LogP contribution in [0, 0.1) is 58.2 Å². The molecule has 0 aliphatic heterocycles. The summed E-state index contributed by atoms with van der Waals surface area (Å²) in [5.74, 6) is 5.93. The normalized spacial score (nSPS) is 39.8. The highest BCUT2D eigenvalue weighted by Gasteiger charge is 2.60. The Balaban J connectivity index is 1.31. The summed E-state index contributed by atoms with van der Waals surface area (Å²) in [7, 11) is -4.41. The van der Waals surface area contributed by atoms with Crippen molar-refractivity contribution >= 4 is 16.3 Å². The minimum absolute atomic E-state index is 0.0588. The van der Waals surface area contributed by atoms with Gasteiger partial charge in [-0.2, -0.15) is 8.42 Å². The van der Waals surface area contributed by atoms with Crippen LogP contribution in [0.3, 0.4) is 0 Å². The second kappa shape index (κ2) is 12.1. The van der Waals surface area contributed by atoms with Gasteiger partial charge in [0.2, 0.25) is 5.91 Å². The lowest BCUT2D eigenvalue weighted by Crippen LogP contribution is -2.54. The fourth-order valence-corrected chi connectivity index (χ4v) is 10.4. The number of amides is 1. The standard InChI is InChI=1S/C31H55NO5S/c1-21(2)8-6-9-22(3)26-12-13-27-25-11-10-24-20-23(29(33)32-18-7-19-37-38(34,35)36)14-16-30(24,4)28(25)15-17-31(26,27)5/h21-28H,6-20H2,1-5H3,(H,32,33)(H,34,35,36)/t22-,23?,24?,25+,26-,27+,28+,30+,31-/m1/s1. The summed E-state index contributed by atoms with van der Waals surface area (Å²) in [4.78, 5) is 12.9. The van der Waals surface area contributed by atoms with E-state index in [4.69, 9.17) is 4.55 Å². The zero-order valence-electron chi connectivity index (χ0n) is 24.7. The molecule has 9 atom stereocenters. The van der Waals surface area contributed by atoms with Crippen LogP contribution >= 0.6 is 0 Å². The number of rotatable bonds is 11. The predicted octanol–water partition coefficient (Wildman–Crippen LogP) is 7.05. The van der Waals surface area contributed by atoms with Crippen LogP contribution in [0.15, 0.2) is 0 Å². The van der Waals surface area contributed by atoms with Crippen molar-refractivity contribution in [2.24, 2.45) is 58.2 Å². The Bertz CT molecular complexity index is 921. The first-order valence-corrected chi connectivity index (χ1v) is 17.1. The fourth-order valence-electron chi connectivity index (χ4n) is 10.1. The van der Waals surface area contributed by atoms with Gasteiger partial charge in [0.05, 0.1) is 6.61 Å². The lowest BCUT2D eigenvalue weighted by atomic mass is 9.44. The summed E-state index contributed by atoms with van der Waals surface area (Å²) >= 11 is 0. The van der Waals surface area contributed by atoms with Gasteiger partial charge in [-0.1, -0.05) is 53.9 Å². The van der Waals surface area contributed by atoms with Crippen LogP contribution in [0.5, 0.6) is 0 Å². The molecule has 0 aromatic rings. The first kappa shape index (κ1) is 30.3. The van der Waals surface area contributed by atoms with E-state index in [2.05, 4.69) is 44.1 Å². The predicted molar refractivity (Wildman–Crippen MR) is 152 cm³/mol. The molecule has 0 spiro atoms. The average molecular weight is 554 g/mol. The molecule has 0 aromatic carbocycles. The summed E-state index contributed by atoms with van der Waals surface area (Å²) in [5.41, 5.74) is 0.892. The van der Waals surface area contributed by atoms with Crippen molar-refractivity contribution in [2.45, 2.75) is 118 Å². The molecule has 0 saturated heterocycles. The zero-order valence-corrected chi connectivity index (χ0v) is 25.5. The molecule has 0 radical (unpaired) electrons. The van der Waals surface area contributed by atoms with Crippen LogP contribution in [-0.2, 0) is 19.4 Å². The smallest absolute Gasteiger partial charge is 0.356 e. The molecule has 4 aliphatic rings. The van der Waals surface area contributed by atoms with Crippen LogP contribution in [0.1, 0.15) is 118 Å². The van der Waals surface area contributed by atoms with Crippen LogP contribution < -0.4 is 5.32 Å². The third kappa shape index (κ3) is 6.46. The van der Waals surface area contributed by atoms with Gasteiger partial charge in [0.1, 0.15) is 0 Å². The maximum Gasteiger partial charge on any atom is 0.397 e. The van der Waals surface area contributed by atoms with Crippen LogP contribution in [0.4, 0.5) is 0 Å². The molecule has 4 aliphatic carbocycles. The largest absolute Gasteiger partial charge is 0.397 e. The molecule has 2 unspecified atom stereocenters. The third-order valence-corrected chi connectivity index (χ3v) is 12.6. The summed E-state index contributed by atoms with van der Waals surface area (Å²) < 4.78 is 34.3. The number of fused-ring (bicyclic) bond motifs is 5. The van der Waals surface area contributed by atoms with Gasteiger partial charge in [-0.25, -0.2) is 4.18 Å². The molecule has 2 N–H and O–H groups in total. The highest BCUT2D eigenvalue weighted by Crippen LogP contribution is 2.68. The lowest BCUT2D eigenvalue weighted by molar-refractivity contribution is -0.139. The summed E-state index contributed by atoms with van der Waals surface area (Å²) in [6.07, 6.45) is 15.9. The molecule has 6 nitrogen and oxygen atoms in total. The van der Waals surface area contributed by atoms with E-state index in [0.29, 0.717) is 29.7 Å². The molecular weight excluding hydrogens is 498 g/mol. The van der Waals surface area contributed by atoms with E-state index in [1.807, 2.05) is 0 Å². The number of nitrogens with one attached hydrogen (secondary N) is 1. The second-order valence-electron chi connectivity index (χ2n) is 14.6. The molecule has 0 bridgehead atoms. The minimum Gasteiger partial charge on any atom is -0.356 e. The maximum absolute atomic E-state index is 12.9. The molecule has 0 aromatic heterocycles. The van der Waals surface area contributed by atoms with Crippen molar-refractivity contribution in [2.75, 3.05) is 13.2 Å². The maximum atomic E-state index is 12.9. The van der Waals surface area contributed by atoms with Gasteiger partial charge in [0, 0.05) is 12.5 Å². The molecule has 4 fully saturated rings.